The molecular formula is C19H32IN7O. The van der Waals surface area contributed by atoms with Crippen LogP contribution < -0.4 is 15.4 Å². The van der Waals surface area contributed by atoms with Gasteiger partial charge in [-0.25, -0.2) is 15.0 Å². The molecule has 2 aromatic heterocycles. The van der Waals surface area contributed by atoms with E-state index in [1.54, 1.807) is 17.2 Å². The Hall–Kier alpha value is -1.91. The minimum atomic E-state index is 0. The van der Waals surface area contributed by atoms with Gasteiger partial charge < -0.3 is 15.4 Å². The summed E-state index contributed by atoms with van der Waals surface area (Å²) in [4.78, 5) is 13.2. The molecule has 0 amide bonds. The van der Waals surface area contributed by atoms with E-state index < -0.39 is 0 Å². The minimum Gasteiger partial charge on any atom is -0.475 e. The molecular weight excluding hydrogens is 469 g/mol. The Morgan fingerprint density at radius 2 is 2.04 bits per heavy atom. The second-order valence-corrected chi connectivity index (χ2v) is 6.91. The fourth-order valence-corrected chi connectivity index (χ4v) is 2.69. The number of nitrogens with one attached hydrogen (secondary N) is 2. The molecule has 1 unspecified atom stereocenters. The number of pyridine rings is 1. The van der Waals surface area contributed by atoms with Gasteiger partial charge in [0.1, 0.15) is 12.2 Å². The van der Waals surface area contributed by atoms with Crippen molar-refractivity contribution in [3.8, 4) is 5.88 Å². The van der Waals surface area contributed by atoms with E-state index in [1.165, 1.54) is 0 Å². The molecule has 0 bridgehead atoms. The molecule has 2 N–H and O–H groups in total. The average Bonchev–Trinajstić information content (AvgIpc) is 3.02. The van der Waals surface area contributed by atoms with E-state index in [-0.39, 0.29) is 30.1 Å². The van der Waals surface area contributed by atoms with Gasteiger partial charge in [-0.15, -0.1) is 24.0 Å². The molecule has 0 aliphatic carbocycles. The summed E-state index contributed by atoms with van der Waals surface area (Å²) in [5.41, 5.74) is 1.05. The van der Waals surface area contributed by atoms with Crippen LogP contribution >= 0.6 is 24.0 Å². The largest absolute Gasteiger partial charge is 0.475 e. The Morgan fingerprint density at radius 3 is 2.68 bits per heavy atom. The molecule has 8 nitrogen and oxygen atoms in total. The second-order valence-electron chi connectivity index (χ2n) is 6.91. The first kappa shape index (κ1) is 24.1. The fraction of sp³-hybridized carbons (Fsp3) is 0.579. The third-order valence-corrected chi connectivity index (χ3v) is 3.91. The number of ether oxygens (including phenoxy) is 1. The summed E-state index contributed by atoms with van der Waals surface area (Å²) < 4.78 is 7.66. The molecule has 9 heteroatoms. The third kappa shape index (κ3) is 8.41. The molecule has 2 aromatic rings. The molecule has 156 valence electrons. The highest BCUT2D eigenvalue weighted by atomic mass is 127. The molecule has 0 saturated heterocycles. The maximum Gasteiger partial charge on any atom is 0.213 e. The molecule has 28 heavy (non-hydrogen) atoms. The smallest absolute Gasteiger partial charge is 0.213 e. The summed E-state index contributed by atoms with van der Waals surface area (Å²) in [6.45, 7) is 10.4. The van der Waals surface area contributed by atoms with Crippen molar-refractivity contribution >= 4 is 29.9 Å². The zero-order valence-electron chi connectivity index (χ0n) is 17.3. The van der Waals surface area contributed by atoms with E-state index in [4.69, 9.17) is 4.74 Å². The van der Waals surface area contributed by atoms with Crippen molar-refractivity contribution in [1.29, 1.82) is 0 Å². The van der Waals surface area contributed by atoms with Crippen molar-refractivity contribution in [2.45, 2.75) is 53.3 Å². The molecule has 0 radical (unpaired) electrons. The molecule has 0 aliphatic rings. The number of aryl methyl sites for hydroxylation is 1. The standard InChI is InChI=1S/C19H31N7O.HI/c1-6-20-19(23-12-17-24-13-25-26(17)5)22-11-16-7-8-21-18(10-16)27-15(4)9-14(2)3;/h7-8,10,13-15H,6,9,11-12H2,1-5H3,(H2,20,22,23);1H. The summed E-state index contributed by atoms with van der Waals surface area (Å²) in [5, 5.41) is 10.6. The van der Waals surface area contributed by atoms with Gasteiger partial charge in [0.15, 0.2) is 5.96 Å². The Morgan fingerprint density at radius 1 is 1.25 bits per heavy atom. The predicted octanol–water partition coefficient (Wildman–Crippen LogP) is 2.90. The SMILES string of the molecule is CCNC(=NCc1ccnc(OC(C)CC(C)C)c1)NCc1ncnn1C.I. The van der Waals surface area contributed by atoms with Crippen LogP contribution in [0.2, 0.25) is 0 Å². The second kappa shape index (κ2) is 12.5. The fourth-order valence-electron chi connectivity index (χ4n) is 2.69. The maximum atomic E-state index is 5.92. The van der Waals surface area contributed by atoms with Gasteiger partial charge in [0.2, 0.25) is 5.88 Å². The molecule has 2 heterocycles. The van der Waals surface area contributed by atoms with Crippen LogP contribution in [0.25, 0.3) is 0 Å². The van der Waals surface area contributed by atoms with Crippen LogP contribution in [0.15, 0.2) is 29.6 Å². The molecule has 0 spiro atoms. The van der Waals surface area contributed by atoms with E-state index in [0.717, 1.165) is 30.3 Å². The highest BCUT2D eigenvalue weighted by Crippen LogP contribution is 2.15. The Kier molecular flexibility index (Phi) is 10.8. The number of guanidine groups is 1. The van der Waals surface area contributed by atoms with Crippen LogP contribution in [-0.4, -0.2) is 38.4 Å². The lowest BCUT2D eigenvalue weighted by atomic mass is 10.1. The lowest BCUT2D eigenvalue weighted by molar-refractivity contribution is 0.185. The summed E-state index contributed by atoms with van der Waals surface area (Å²) in [5.74, 6) is 2.82. The van der Waals surface area contributed by atoms with Crippen LogP contribution in [-0.2, 0) is 20.1 Å². The van der Waals surface area contributed by atoms with Gasteiger partial charge in [-0.05, 0) is 37.8 Å². The predicted molar refractivity (Wildman–Crippen MR) is 122 cm³/mol. The lowest BCUT2D eigenvalue weighted by Gasteiger charge is -2.16. The first-order chi connectivity index (χ1) is 13.0. The number of rotatable bonds is 9. The number of nitrogens with zero attached hydrogens (tertiary/aromatic N) is 5. The summed E-state index contributed by atoms with van der Waals surface area (Å²) in [7, 11) is 1.87. The van der Waals surface area contributed by atoms with Gasteiger partial charge in [-0.1, -0.05) is 13.8 Å². The summed E-state index contributed by atoms with van der Waals surface area (Å²) in [6.07, 6.45) is 4.45. The van der Waals surface area contributed by atoms with Crippen LogP contribution in [0.1, 0.15) is 45.5 Å². The number of halogens is 1. The van der Waals surface area contributed by atoms with Crippen LogP contribution in [0.4, 0.5) is 0 Å². The molecule has 0 saturated carbocycles. The molecule has 0 aromatic carbocycles. The van der Waals surface area contributed by atoms with E-state index in [9.17, 15) is 0 Å². The van der Waals surface area contributed by atoms with Gasteiger partial charge in [0.05, 0.1) is 19.2 Å². The van der Waals surface area contributed by atoms with E-state index >= 15 is 0 Å². The van der Waals surface area contributed by atoms with Crippen molar-refractivity contribution in [3.05, 3.63) is 36.0 Å². The zero-order valence-corrected chi connectivity index (χ0v) is 19.7. The Labute approximate surface area is 184 Å². The molecule has 0 aliphatic heterocycles. The Balaban J connectivity index is 0.00000392. The van der Waals surface area contributed by atoms with Crippen molar-refractivity contribution in [1.82, 2.24) is 30.4 Å². The van der Waals surface area contributed by atoms with Gasteiger partial charge in [0, 0.05) is 25.9 Å². The normalized spacial score (nSPS) is 12.4. The van der Waals surface area contributed by atoms with Crippen molar-refractivity contribution in [2.75, 3.05) is 6.54 Å². The van der Waals surface area contributed by atoms with E-state index in [2.05, 4.69) is 51.5 Å². The quantitative estimate of drug-likeness (QED) is 0.312. The van der Waals surface area contributed by atoms with Gasteiger partial charge in [-0.3, -0.25) is 4.68 Å². The average molecular weight is 501 g/mol. The minimum absolute atomic E-state index is 0. The van der Waals surface area contributed by atoms with Crippen molar-refractivity contribution in [2.24, 2.45) is 18.0 Å². The number of aliphatic imine (C=N–C) groups is 1. The monoisotopic (exact) mass is 501 g/mol. The van der Waals surface area contributed by atoms with Gasteiger partial charge in [-0.2, -0.15) is 5.10 Å². The summed E-state index contributed by atoms with van der Waals surface area (Å²) in [6, 6.07) is 3.91. The van der Waals surface area contributed by atoms with Crippen LogP contribution in [0.3, 0.4) is 0 Å². The molecule has 1 atom stereocenters. The van der Waals surface area contributed by atoms with E-state index in [1.807, 2.05) is 26.1 Å². The number of hydrogen-bond acceptors (Lipinski definition) is 5. The summed E-state index contributed by atoms with van der Waals surface area (Å²) >= 11 is 0. The molecule has 0 fully saturated rings. The lowest BCUT2D eigenvalue weighted by Crippen LogP contribution is -2.37. The van der Waals surface area contributed by atoms with Gasteiger partial charge >= 0.3 is 0 Å². The van der Waals surface area contributed by atoms with Crippen LogP contribution in [0.5, 0.6) is 5.88 Å². The maximum absolute atomic E-state index is 5.92. The highest BCUT2D eigenvalue weighted by molar-refractivity contribution is 14.0. The first-order valence-electron chi connectivity index (χ1n) is 9.44. The van der Waals surface area contributed by atoms with Gasteiger partial charge in [0.25, 0.3) is 0 Å². The van der Waals surface area contributed by atoms with Crippen LogP contribution in [0, 0.1) is 5.92 Å². The van der Waals surface area contributed by atoms with Crippen molar-refractivity contribution < 1.29 is 4.74 Å². The number of hydrogen-bond donors (Lipinski definition) is 2. The first-order valence-corrected chi connectivity index (χ1v) is 9.44. The van der Waals surface area contributed by atoms with Crippen molar-refractivity contribution in [3.63, 3.8) is 0 Å². The topological polar surface area (TPSA) is 89.2 Å². The number of aromatic nitrogens is 4. The zero-order chi connectivity index (χ0) is 19.6. The third-order valence-electron chi connectivity index (χ3n) is 3.91. The highest BCUT2D eigenvalue weighted by Gasteiger charge is 2.08. The Bertz CT molecular complexity index is 733. The molecule has 2 rings (SSSR count). The van der Waals surface area contributed by atoms with E-state index in [0.29, 0.717) is 24.9 Å².